The molecule has 1 aliphatic rings. The Morgan fingerprint density at radius 2 is 1.85 bits per heavy atom. The van der Waals surface area contributed by atoms with Crippen LogP contribution in [0.4, 0.5) is 11.6 Å². The molecule has 2 N–H and O–H groups in total. The van der Waals surface area contributed by atoms with E-state index in [0.29, 0.717) is 34.6 Å². The smallest absolute Gasteiger partial charge is 0.230 e. The molecule has 0 bridgehead atoms. The van der Waals surface area contributed by atoms with Crippen LogP contribution in [-0.4, -0.2) is 12.1 Å². The maximum Gasteiger partial charge on any atom is 0.230 e. The van der Waals surface area contributed by atoms with Crippen LogP contribution in [0.1, 0.15) is 23.1 Å². The van der Waals surface area contributed by atoms with Gasteiger partial charge in [0.2, 0.25) is 5.88 Å². The van der Waals surface area contributed by atoms with Crippen molar-refractivity contribution in [3.63, 3.8) is 0 Å². The first-order chi connectivity index (χ1) is 13.2. The van der Waals surface area contributed by atoms with Crippen LogP contribution in [0.15, 0.2) is 70.4 Å². The molecule has 0 saturated heterocycles. The van der Waals surface area contributed by atoms with Gasteiger partial charge in [-0.1, -0.05) is 36.4 Å². The lowest BCUT2D eigenvalue weighted by molar-refractivity contribution is 0.408. The van der Waals surface area contributed by atoms with Crippen LogP contribution < -0.4 is 15.4 Å². The quantitative estimate of drug-likeness (QED) is 0.762. The number of aromatic nitrogens is 1. The van der Waals surface area contributed by atoms with E-state index in [1.165, 1.54) is 0 Å². The van der Waals surface area contributed by atoms with E-state index in [2.05, 4.69) is 11.1 Å². The molecule has 1 atom stereocenters. The second-order valence-corrected chi connectivity index (χ2v) is 6.18. The molecule has 1 aliphatic heterocycles. The minimum Gasteiger partial charge on any atom is -0.496 e. The molecule has 1 aromatic heterocycles. The Kier molecular flexibility index (Phi) is 4.05. The summed E-state index contributed by atoms with van der Waals surface area (Å²) in [5, 5.41) is 9.94. The van der Waals surface area contributed by atoms with Gasteiger partial charge in [-0.2, -0.15) is 5.26 Å². The molecular weight excluding hydrogens is 340 g/mol. The van der Waals surface area contributed by atoms with Crippen molar-refractivity contribution in [1.29, 1.82) is 5.26 Å². The first-order valence-corrected chi connectivity index (χ1v) is 8.50. The highest BCUT2D eigenvalue weighted by Gasteiger charge is 2.39. The summed E-state index contributed by atoms with van der Waals surface area (Å²) < 4.78 is 11.4. The third-order valence-corrected chi connectivity index (χ3v) is 4.61. The van der Waals surface area contributed by atoms with Crippen LogP contribution in [0.2, 0.25) is 0 Å². The summed E-state index contributed by atoms with van der Waals surface area (Å²) in [6.45, 7) is 1.78. The molecule has 27 heavy (non-hydrogen) atoms. The molecule has 6 nitrogen and oxygen atoms in total. The number of methoxy groups -OCH3 is 1. The molecule has 4 rings (SSSR count). The van der Waals surface area contributed by atoms with Gasteiger partial charge in [0.25, 0.3) is 0 Å². The van der Waals surface area contributed by atoms with Gasteiger partial charge in [-0.15, -0.1) is 0 Å². The summed E-state index contributed by atoms with van der Waals surface area (Å²) in [5.74, 6) is 1.56. The van der Waals surface area contributed by atoms with Crippen molar-refractivity contribution < 1.29 is 9.15 Å². The fourth-order valence-electron chi connectivity index (χ4n) is 3.46. The van der Waals surface area contributed by atoms with Crippen molar-refractivity contribution in [1.82, 2.24) is 4.98 Å². The van der Waals surface area contributed by atoms with Gasteiger partial charge >= 0.3 is 0 Å². The Bertz CT molecular complexity index is 1060. The minimum atomic E-state index is -0.460. The van der Waals surface area contributed by atoms with E-state index in [1.54, 1.807) is 18.9 Å². The first-order valence-electron chi connectivity index (χ1n) is 8.50. The van der Waals surface area contributed by atoms with Crippen molar-refractivity contribution in [2.45, 2.75) is 12.8 Å². The molecular formula is C21H18N4O2. The molecule has 0 aliphatic carbocycles. The minimum absolute atomic E-state index is 0.322. The number of aryl methyl sites for hydroxylation is 1. The molecule has 2 aromatic carbocycles. The molecule has 6 heteroatoms. The first kappa shape index (κ1) is 16.7. The third kappa shape index (κ3) is 2.61. The van der Waals surface area contributed by atoms with Gasteiger partial charge < -0.3 is 14.9 Å². The number of allylic oxidation sites excluding steroid dienone is 1. The number of ether oxygens (including phenoxy) is 1. The van der Waals surface area contributed by atoms with Gasteiger partial charge in [0.15, 0.2) is 5.89 Å². The van der Waals surface area contributed by atoms with Gasteiger partial charge in [-0.05, 0) is 18.2 Å². The fraction of sp³-hybridized carbons (Fsp3) is 0.143. The predicted octanol–water partition coefficient (Wildman–Crippen LogP) is 3.97. The largest absolute Gasteiger partial charge is 0.496 e. The Labute approximate surface area is 157 Å². The number of fused-ring (bicyclic) bond motifs is 1. The Morgan fingerprint density at radius 1 is 1.15 bits per heavy atom. The summed E-state index contributed by atoms with van der Waals surface area (Å²) in [6, 6.07) is 19.4. The lowest BCUT2D eigenvalue weighted by Crippen LogP contribution is -2.31. The number of rotatable bonds is 3. The van der Waals surface area contributed by atoms with E-state index in [4.69, 9.17) is 14.9 Å². The Morgan fingerprint density at radius 3 is 2.56 bits per heavy atom. The summed E-state index contributed by atoms with van der Waals surface area (Å²) in [6.07, 6.45) is 0. The number of nitrogens with zero attached hydrogens (tertiary/aromatic N) is 3. The molecule has 134 valence electrons. The number of benzene rings is 2. The van der Waals surface area contributed by atoms with Gasteiger partial charge in [0, 0.05) is 12.5 Å². The molecule has 1 unspecified atom stereocenters. The van der Waals surface area contributed by atoms with Crippen molar-refractivity contribution >= 4 is 11.6 Å². The zero-order valence-electron chi connectivity index (χ0n) is 15.0. The van der Waals surface area contributed by atoms with E-state index >= 15 is 0 Å². The maximum atomic E-state index is 9.94. The van der Waals surface area contributed by atoms with Crippen LogP contribution in [-0.2, 0) is 0 Å². The SMILES string of the molecule is COc1ccccc1C1C(C#N)=C(N)N(c2ccccc2)c2oc(C)nc21. The van der Waals surface area contributed by atoms with E-state index in [-0.39, 0.29) is 0 Å². The zero-order valence-corrected chi connectivity index (χ0v) is 15.0. The van der Waals surface area contributed by atoms with Gasteiger partial charge in [-0.3, -0.25) is 4.90 Å². The van der Waals surface area contributed by atoms with E-state index in [1.807, 2.05) is 54.6 Å². The highest BCUT2D eigenvalue weighted by atomic mass is 16.5. The predicted molar refractivity (Wildman–Crippen MR) is 101 cm³/mol. The monoisotopic (exact) mass is 358 g/mol. The molecule has 3 aromatic rings. The molecule has 0 saturated carbocycles. The van der Waals surface area contributed by atoms with Crippen LogP contribution in [0.3, 0.4) is 0 Å². The topological polar surface area (TPSA) is 88.3 Å². The van der Waals surface area contributed by atoms with Crippen molar-refractivity contribution in [3.8, 4) is 11.8 Å². The fourth-order valence-corrected chi connectivity index (χ4v) is 3.46. The zero-order chi connectivity index (χ0) is 19.0. The molecule has 0 amide bonds. The number of oxazole rings is 1. The number of hydrogen-bond donors (Lipinski definition) is 1. The third-order valence-electron chi connectivity index (χ3n) is 4.61. The van der Waals surface area contributed by atoms with Crippen molar-refractivity contribution in [2.24, 2.45) is 5.73 Å². The lowest BCUT2D eigenvalue weighted by Gasteiger charge is -2.31. The van der Waals surface area contributed by atoms with E-state index in [9.17, 15) is 5.26 Å². The maximum absolute atomic E-state index is 9.94. The Balaban J connectivity index is 2.00. The lowest BCUT2D eigenvalue weighted by atomic mass is 9.85. The summed E-state index contributed by atoms with van der Waals surface area (Å²) in [4.78, 5) is 6.32. The van der Waals surface area contributed by atoms with Crippen LogP contribution in [0, 0.1) is 18.3 Å². The van der Waals surface area contributed by atoms with E-state index in [0.717, 1.165) is 11.3 Å². The normalized spacial score (nSPS) is 16.0. The molecule has 0 spiro atoms. The number of nitriles is 1. The standard InChI is InChI=1S/C21H18N4O2/c1-13-24-19-18(15-10-6-7-11-17(15)26-2)16(12-22)20(23)25(21(19)27-13)14-8-4-3-5-9-14/h3-11,18H,23H2,1-2H3. The van der Waals surface area contributed by atoms with Gasteiger partial charge in [-0.25, -0.2) is 4.98 Å². The summed E-state index contributed by atoms with van der Waals surface area (Å²) in [5.41, 5.74) is 9.14. The average molecular weight is 358 g/mol. The number of anilines is 2. The Hall–Kier alpha value is -3.72. The number of hydrogen-bond acceptors (Lipinski definition) is 6. The number of para-hydroxylation sites is 2. The highest BCUT2D eigenvalue weighted by molar-refractivity contribution is 5.73. The summed E-state index contributed by atoms with van der Waals surface area (Å²) >= 11 is 0. The van der Waals surface area contributed by atoms with Crippen LogP contribution >= 0.6 is 0 Å². The molecule has 0 fully saturated rings. The molecule has 2 heterocycles. The van der Waals surface area contributed by atoms with Crippen molar-refractivity contribution in [3.05, 3.63) is 83.1 Å². The molecule has 0 radical (unpaired) electrons. The van der Waals surface area contributed by atoms with Crippen LogP contribution in [0.25, 0.3) is 0 Å². The van der Waals surface area contributed by atoms with Crippen molar-refractivity contribution in [2.75, 3.05) is 12.0 Å². The highest BCUT2D eigenvalue weighted by Crippen LogP contribution is 2.48. The second kappa shape index (κ2) is 6.54. The van der Waals surface area contributed by atoms with Crippen LogP contribution in [0.5, 0.6) is 5.75 Å². The van der Waals surface area contributed by atoms with Gasteiger partial charge in [0.1, 0.15) is 17.3 Å². The average Bonchev–Trinajstić information content (AvgIpc) is 3.08. The summed E-state index contributed by atoms with van der Waals surface area (Å²) in [7, 11) is 1.60. The second-order valence-electron chi connectivity index (χ2n) is 6.18. The number of nitrogens with two attached hydrogens (primary N) is 1. The van der Waals surface area contributed by atoms with Gasteiger partial charge in [0.05, 0.1) is 30.4 Å². The van der Waals surface area contributed by atoms with E-state index < -0.39 is 5.92 Å².